The Morgan fingerprint density at radius 1 is 1.67 bits per heavy atom. The molecule has 0 rings (SSSR count). The molecule has 0 fully saturated rings. The molecular weight excluding hydrogens is 134 g/mol. The van der Waals surface area contributed by atoms with E-state index in [0.29, 0.717) is 5.17 Å². The largest absolute Gasteiger partial charge is 0.245 e. The summed E-state index contributed by atoms with van der Waals surface area (Å²) in [4.78, 5) is 3.77. The molecule has 0 atom stereocenters. The molecule has 0 aromatic rings. The lowest BCUT2D eigenvalue weighted by atomic mass is 10.3. The molecule has 0 saturated heterocycles. The molecule has 0 heterocycles. The van der Waals surface area contributed by atoms with Crippen LogP contribution in [0.2, 0.25) is 0 Å². The van der Waals surface area contributed by atoms with Gasteiger partial charge in [-0.25, -0.2) is 4.99 Å². The van der Waals surface area contributed by atoms with Crippen LogP contribution in [-0.4, -0.2) is 5.17 Å². The third-order valence-corrected chi connectivity index (χ3v) is 1.36. The summed E-state index contributed by atoms with van der Waals surface area (Å²) in [6.07, 6.45) is 3.32. The monoisotopic (exact) mass is 143 g/mol. The number of halogens is 1. The van der Waals surface area contributed by atoms with Crippen molar-refractivity contribution in [3.05, 3.63) is 24.4 Å². The van der Waals surface area contributed by atoms with E-state index in [1.54, 1.807) is 0 Å². The van der Waals surface area contributed by atoms with E-state index in [1.165, 1.54) is 6.20 Å². The van der Waals surface area contributed by atoms with Gasteiger partial charge in [0, 0.05) is 6.20 Å². The third kappa shape index (κ3) is 3.09. The zero-order valence-corrected chi connectivity index (χ0v) is 6.44. The normalized spacial score (nSPS) is 13.7. The summed E-state index contributed by atoms with van der Waals surface area (Å²) in [6.45, 7) is 7.23. The number of rotatable bonds is 2. The Bertz CT molecular complexity index is 156. The van der Waals surface area contributed by atoms with Crippen LogP contribution in [0.5, 0.6) is 0 Å². The highest BCUT2D eigenvalue weighted by Crippen LogP contribution is 2.00. The maximum Gasteiger partial charge on any atom is 0.131 e. The second-order valence-corrected chi connectivity index (χ2v) is 1.93. The second kappa shape index (κ2) is 4.33. The second-order valence-electron chi connectivity index (χ2n) is 1.57. The Balaban J connectivity index is 4.19. The van der Waals surface area contributed by atoms with Crippen molar-refractivity contribution in [2.24, 2.45) is 4.99 Å². The van der Waals surface area contributed by atoms with Crippen molar-refractivity contribution < 1.29 is 0 Å². The van der Waals surface area contributed by atoms with Crippen LogP contribution in [0.3, 0.4) is 0 Å². The van der Waals surface area contributed by atoms with E-state index in [0.717, 1.165) is 5.57 Å². The van der Waals surface area contributed by atoms with Gasteiger partial charge in [0.15, 0.2) is 0 Å². The smallest absolute Gasteiger partial charge is 0.131 e. The van der Waals surface area contributed by atoms with E-state index in [9.17, 15) is 0 Å². The molecule has 0 saturated carbocycles. The topological polar surface area (TPSA) is 12.4 Å². The number of allylic oxidation sites excluding steroid dienone is 2. The molecular formula is C7H10ClN. The predicted molar refractivity (Wildman–Crippen MR) is 42.9 cm³/mol. The van der Waals surface area contributed by atoms with Crippen molar-refractivity contribution in [3.8, 4) is 0 Å². The minimum Gasteiger partial charge on any atom is -0.245 e. The number of hydrogen-bond acceptors (Lipinski definition) is 1. The van der Waals surface area contributed by atoms with Gasteiger partial charge in [-0.15, -0.1) is 0 Å². The molecule has 0 unspecified atom stereocenters. The van der Waals surface area contributed by atoms with Crippen LogP contribution in [0.1, 0.15) is 13.8 Å². The highest BCUT2D eigenvalue weighted by atomic mass is 35.5. The highest BCUT2D eigenvalue weighted by molar-refractivity contribution is 6.69. The van der Waals surface area contributed by atoms with Gasteiger partial charge in [-0.2, -0.15) is 0 Å². The van der Waals surface area contributed by atoms with Crippen molar-refractivity contribution in [3.63, 3.8) is 0 Å². The van der Waals surface area contributed by atoms with Crippen molar-refractivity contribution in [1.82, 2.24) is 0 Å². The van der Waals surface area contributed by atoms with E-state index < -0.39 is 0 Å². The molecule has 0 N–H and O–H groups in total. The zero-order chi connectivity index (χ0) is 7.28. The summed E-state index contributed by atoms with van der Waals surface area (Å²) >= 11 is 5.64. The fourth-order valence-corrected chi connectivity index (χ4v) is 0.479. The zero-order valence-electron chi connectivity index (χ0n) is 5.69. The minimum absolute atomic E-state index is 0.507. The average Bonchev–Trinajstić information content (AvgIpc) is 1.87. The van der Waals surface area contributed by atoms with Crippen LogP contribution in [0.15, 0.2) is 29.4 Å². The maximum atomic E-state index is 5.64. The lowest BCUT2D eigenvalue weighted by Gasteiger charge is -1.91. The SMILES string of the molecule is C=CN=C(Cl)/C(C)=C\C. The van der Waals surface area contributed by atoms with E-state index >= 15 is 0 Å². The van der Waals surface area contributed by atoms with E-state index in [1.807, 2.05) is 19.9 Å². The first-order valence-corrected chi connectivity index (χ1v) is 3.07. The van der Waals surface area contributed by atoms with Gasteiger partial charge < -0.3 is 0 Å². The third-order valence-electron chi connectivity index (χ3n) is 0.963. The highest BCUT2D eigenvalue weighted by Gasteiger charge is 1.91. The van der Waals surface area contributed by atoms with Gasteiger partial charge >= 0.3 is 0 Å². The molecule has 50 valence electrons. The van der Waals surface area contributed by atoms with Gasteiger partial charge in [0.05, 0.1) is 0 Å². The average molecular weight is 144 g/mol. The fourth-order valence-electron chi connectivity index (χ4n) is 0.301. The Kier molecular flexibility index (Phi) is 4.06. The first kappa shape index (κ1) is 8.44. The molecule has 2 heteroatoms. The van der Waals surface area contributed by atoms with Gasteiger partial charge in [0.25, 0.3) is 0 Å². The van der Waals surface area contributed by atoms with Crippen molar-refractivity contribution >= 4 is 16.8 Å². The Labute approximate surface area is 60.7 Å². The van der Waals surface area contributed by atoms with Crippen LogP contribution in [0.4, 0.5) is 0 Å². The molecule has 1 nitrogen and oxygen atoms in total. The molecule has 0 aliphatic carbocycles. The van der Waals surface area contributed by atoms with Crippen molar-refractivity contribution in [2.75, 3.05) is 0 Å². The summed E-state index contributed by atoms with van der Waals surface area (Å²) in [7, 11) is 0. The van der Waals surface area contributed by atoms with Crippen molar-refractivity contribution in [2.45, 2.75) is 13.8 Å². The molecule has 9 heavy (non-hydrogen) atoms. The Morgan fingerprint density at radius 2 is 2.22 bits per heavy atom. The van der Waals surface area contributed by atoms with Crippen LogP contribution in [-0.2, 0) is 0 Å². The molecule has 0 aliphatic rings. The molecule has 0 aliphatic heterocycles. The summed E-state index contributed by atoms with van der Waals surface area (Å²) in [5.74, 6) is 0. The lowest BCUT2D eigenvalue weighted by molar-refractivity contribution is 1.50. The molecule has 0 bridgehead atoms. The molecule has 0 amide bonds. The van der Waals surface area contributed by atoms with Crippen LogP contribution in [0.25, 0.3) is 0 Å². The van der Waals surface area contributed by atoms with Gasteiger partial charge in [0.1, 0.15) is 5.17 Å². The standard InChI is InChI=1S/C7H10ClN/c1-4-6(3)7(8)9-5-2/h4-5H,2H2,1,3H3/b6-4-,9-7?. The van der Waals surface area contributed by atoms with E-state index in [4.69, 9.17) is 11.6 Å². The molecule has 0 spiro atoms. The predicted octanol–water partition coefficient (Wildman–Crippen LogP) is 2.73. The van der Waals surface area contributed by atoms with Crippen LogP contribution in [0, 0.1) is 0 Å². The van der Waals surface area contributed by atoms with E-state index in [-0.39, 0.29) is 0 Å². The minimum atomic E-state index is 0.507. The number of aliphatic imine (C=N–C) groups is 1. The van der Waals surface area contributed by atoms with Gasteiger partial charge in [-0.05, 0) is 19.4 Å². The van der Waals surface area contributed by atoms with E-state index in [2.05, 4.69) is 11.6 Å². The summed E-state index contributed by atoms with van der Waals surface area (Å²) < 4.78 is 0. The van der Waals surface area contributed by atoms with Crippen LogP contribution < -0.4 is 0 Å². The quantitative estimate of drug-likeness (QED) is 0.527. The first-order chi connectivity index (χ1) is 4.22. The summed E-state index contributed by atoms with van der Waals surface area (Å²) in [5, 5.41) is 0.507. The fraction of sp³-hybridized carbons (Fsp3) is 0.286. The van der Waals surface area contributed by atoms with Crippen LogP contribution >= 0.6 is 11.6 Å². The molecule has 0 radical (unpaired) electrons. The number of nitrogens with zero attached hydrogens (tertiary/aromatic N) is 1. The van der Waals surface area contributed by atoms with Gasteiger partial charge in [-0.3, -0.25) is 0 Å². The summed E-state index contributed by atoms with van der Waals surface area (Å²) in [5.41, 5.74) is 0.969. The molecule has 0 aromatic carbocycles. The lowest BCUT2D eigenvalue weighted by Crippen LogP contribution is -1.86. The Morgan fingerprint density at radius 3 is 2.56 bits per heavy atom. The van der Waals surface area contributed by atoms with Gasteiger partial charge in [-0.1, -0.05) is 24.3 Å². The summed E-state index contributed by atoms with van der Waals surface area (Å²) in [6, 6.07) is 0. The van der Waals surface area contributed by atoms with Crippen molar-refractivity contribution in [1.29, 1.82) is 0 Å². The number of hydrogen-bond donors (Lipinski definition) is 0. The first-order valence-electron chi connectivity index (χ1n) is 2.70. The van der Waals surface area contributed by atoms with Gasteiger partial charge in [0.2, 0.25) is 0 Å². The molecule has 0 aromatic heterocycles. The Hall–Kier alpha value is -0.560. The maximum absolute atomic E-state index is 5.64.